The topological polar surface area (TPSA) is 53.5 Å². The van der Waals surface area contributed by atoms with Gasteiger partial charge in [-0.05, 0) is 37.6 Å². The highest BCUT2D eigenvalue weighted by atomic mass is 32.2. The minimum Gasteiger partial charge on any atom is -0.354 e. The van der Waals surface area contributed by atoms with Crippen LogP contribution in [0.4, 0.5) is 19.0 Å². The molecule has 3 rings (SSSR count). The zero-order chi connectivity index (χ0) is 19.8. The van der Waals surface area contributed by atoms with Crippen molar-refractivity contribution in [2.75, 3.05) is 31.1 Å². The van der Waals surface area contributed by atoms with Crippen LogP contribution in [0.15, 0.2) is 41.4 Å². The van der Waals surface area contributed by atoms with Gasteiger partial charge in [0.05, 0.1) is 10.5 Å². The number of hydrogen-bond acceptors (Lipinski definition) is 4. The Kier molecular flexibility index (Phi) is 5.18. The number of halogens is 3. The van der Waals surface area contributed by atoms with Crippen molar-refractivity contribution in [2.45, 2.75) is 24.9 Å². The lowest BCUT2D eigenvalue weighted by atomic mass is 10.2. The van der Waals surface area contributed by atoms with Crippen LogP contribution in [-0.2, 0) is 16.2 Å². The maximum absolute atomic E-state index is 12.9. The predicted molar refractivity (Wildman–Crippen MR) is 96.1 cm³/mol. The van der Waals surface area contributed by atoms with E-state index in [9.17, 15) is 21.6 Å². The number of anilines is 1. The standard InChI is InChI=1S/C18H20F3N3O2S/c1-13-3-5-16(14(2)11-13)27(25,26)24-9-7-23(8-10-24)17-6-4-15(12-22-17)18(19,20)21/h3-6,11-12H,7-10H2,1-2H3. The molecule has 0 saturated carbocycles. The maximum Gasteiger partial charge on any atom is 0.417 e. The Hall–Kier alpha value is -2.13. The average Bonchev–Trinajstić information content (AvgIpc) is 2.61. The summed E-state index contributed by atoms with van der Waals surface area (Å²) in [6, 6.07) is 7.51. The zero-order valence-electron chi connectivity index (χ0n) is 15.0. The van der Waals surface area contributed by atoms with Gasteiger partial charge in [-0.25, -0.2) is 13.4 Å². The number of piperazine rings is 1. The number of alkyl halides is 3. The number of aromatic nitrogens is 1. The van der Waals surface area contributed by atoms with Crippen molar-refractivity contribution in [3.8, 4) is 0 Å². The van der Waals surface area contributed by atoms with Gasteiger partial charge in [0.15, 0.2) is 0 Å². The first-order valence-corrected chi connectivity index (χ1v) is 9.88. The van der Waals surface area contributed by atoms with E-state index in [1.165, 1.54) is 10.4 Å². The van der Waals surface area contributed by atoms with Crippen LogP contribution in [0, 0.1) is 13.8 Å². The quantitative estimate of drug-likeness (QED) is 0.795. The Balaban J connectivity index is 1.71. The van der Waals surface area contributed by atoms with Gasteiger partial charge in [-0.2, -0.15) is 17.5 Å². The van der Waals surface area contributed by atoms with E-state index < -0.39 is 21.8 Å². The summed E-state index contributed by atoms with van der Waals surface area (Å²) in [7, 11) is -3.60. The van der Waals surface area contributed by atoms with Gasteiger partial charge in [-0.1, -0.05) is 17.7 Å². The first-order valence-electron chi connectivity index (χ1n) is 8.44. The van der Waals surface area contributed by atoms with E-state index in [2.05, 4.69) is 4.98 Å². The average molecular weight is 399 g/mol. The molecule has 146 valence electrons. The highest BCUT2D eigenvalue weighted by Gasteiger charge is 2.32. The van der Waals surface area contributed by atoms with Crippen molar-refractivity contribution in [2.24, 2.45) is 0 Å². The second-order valence-corrected chi connectivity index (χ2v) is 8.47. The third-order valence-electron chi connectivity index (χ3n) is 4.59. The van der Waals surface area contributed by atoms with Gasteiger partial charge in [0.2, 0.25) is 10.0 Å². The van der Waals surface area contributed by atoms with Crippen LogP contribution in [0.3, 0.4) is 0 Å². The van der Waals surface area contributed by atoms with Gasteiger partial charge >= 0.3 is 6.18 Å². The van der Waals surface area contributed by atoms with Gasteiger partial charge in [-0.15, -0.1) is 0 Å². The first kappa shape index (κ1) is 19.6. The zero-order valence-corrected chi connectivity index (χ0v) is 15.8. The molecule has 0 bridgehead atoms. The Labute approximate surface area is 156 Å². The summed E-state index contributed by atoms with van der Waals surface area (Å²) in [4.78, 5) is 5.95. The SMILES string of the molecule is Cc1ccc(S(=O)(=O)N2CCN(c3ccc(C(F)(F)F)cn3)CC2)c(C)c1. The largest absolute Gasteiger partial charge is 0.417 e. The number of rotatable bonds is 3. The molecule has 27 heavy (non-hydrogen) atoms. The molecule has 0 spiro atoms. The molecule has 5 nitrogen and oxygen atoms in total. The van der Waals surface area contributed by atoms with Gasteiger partial charge in [-0.3, -0.25) is 0 Å². The second-order valence-electron chi connectivity index (χ2n) is 6.56. The summed E-state index contributed by atoms with van der Waals surface area (Å²) >= 11 is 0. The number of aryl methyl sites for hydroxylation is 2. The lowest BCUT2D eigenvalue weighted by Gasteiger charge is -2.35. The Bertz CT molecular complexity index is 920. The molecular formula is C18H20F3N3O2S. The fourth-order valence-electron chi connectivity index (χ4n) is 3.13. The van der Waals surface area contributed by atoms with Crippen molar-refractivity contribution in [3.63, 3.8) is 0 Å². The molecular weight excluding hydrogens is 379 g/mol. The molecule has 1 aromatic carbocycles. The van der Waals surface area contributed by atoms with Crippen LogP contribution in [0.5, 0.6) is 0 Å². The van der Waals surface area contributed by atoms with Gasteiger partial charge in [0.25, 0.3) is 0 Å². The molecule has 0 radical (unpaired) electrons. The monoisotopic (exact) mass is 399 g/mol. The van der Waals surface area contributed by atoms with E-state index in [0.29, 0.717) is 24.5 Å². The Morgan fingerprint density at radius 1 is 1.00 bits per heavy atom. The van der Waals surface area contributed by atoms with E-state index in [1.807, 2.05) is 13.0 Å². The smallest absolute Gasteiger partial charge is 0.354 e. The van der Waals surface area contributed by atoms with Crippen molar-refractivity contribution >= 4 is 15.8 Å². The molecule has 1 aromatic heterocycles. The fourth-order valence-corrected chi connectivity index (χ4v) is 4.75. The normalized spacial score (nSPS) is 16.6. The van der Waals surface area contributed by atoms with E-state index in [-0.39, 0.29) is 18.0 Å². The molecule has 2 aromatic rings. The van der Waals surface area contributed by atoms with Crippen LogP contribution < -0.4 is 4.90 Å². The maximum atomic E-state index is 12.9. The number of nitrogens with zero attached hydrogens (tertiary/aromatic N) is 3. The number of benzene rings is 1. The molecule has 0 unspecified atom stereocenters. The van der Waals surface area contributed by atoms with Crippen LogP contribution in [0.25, 0.3) is 0 Å². The van der Waals surface area contributed by atoms with Gasteiger partial charge < -0.3 is 4.90 Å². The van der Waals surface area contributed by atoms with Crippen molar-refractivity contribution in [1.29, 1.82) is 0 Å². The molecule has 1 saturated heterocycles. The van der Waals surface area contributed by atoms with Gasteiger partial charge in [0, 0.05) is 32.4 Å². The summed E-state index contributed by atoms with van der Waals surface area (Å²) in [5.41, 5.74) is 0.883. The van der Waals surface area contributed by atoms with E-state index >= 15 is 0 Å². The molecule has 0 N–H and O–H groups in total. The fraction of sp³-hybridized carbons (Fsp3) is 0.389. The summed E-state index contributed by atoms with van der Waals surface area (Å²) in [6.07, 6.45) is -3.63. The highest BCUT2D eigenvalue weighted by molar-refractivity contribution is 7.89. The first-order chi connectivity index (χ1) is 12.6. The van der Waals surface area contributed by atoms with Gasteiger partial charge in [0.1, 0.15) is 5.82 Å². The van der Waals surface area contributed by atoms with E-state index in [1.54, 1.807) is 24.0 Å². The van der Waals surface area contributed by atoms with Crippen LogP contribution >= 0.6 is 0 Å². The second kappa shape index (κ2) is 7.12. The van der Waals surface area contributed by atoms with Crippen LogP contribution in [0.1, 0.15) is 16.7 Å². The third-order valence-corrected chi connectivity index (χ3v) is 6.64. The lowest BCUT2D eigenvalue weighted by molar-refractivity contribution is -0.137. The Morgan fingerprint density at radius 3 is 2.19 bits per heavy atom. The molecule has 1 aliphatic heterocycles. The molecule has 1 aliphatic rings. The highest BCUT2D eigenvalue weighted by Crippen LogP contribution is 2.30. The van der Waals surface area contributed by atoms with Crippen LogP contribution in [0.2, 0.25) is 0 Å². The van der Waals surface area contributed by atoms with Crippen LogP contribution in [-0.4, -0.2) is 43.9 Å². The number of sulfonamides is 1. The summed E-state index contributed by atoms with van der Waals surface area (Å²) < 4.78 is 65.1. The third kappa shape index (κ3) is 4.08. The van der Waals surface area contributed by atoms with Crippen molar-refractivity contribution < 1.29 is 21.6 Å². The number of pyridine rings is 1. The van der Waals surface area contributed by atoms with Crippen molar-refractivity contribution in [3.05, 3.63) is 53.2 Å². The minimum absolute atomic E-state index is 0.248. The molecule has 0 atom stereocenters. The minimum atomic E-state index is -4.43. The van der Waals surface area contributed by atoms with E-state index in [0.717, 1.165) is 17.8 Å². The summed E-state index contributed by atoms with van der Waals surface area (Å²) in [5.74, 6) is 0.409. The lowest BCUT2D eigenvalue weighted by Crippen LogP contribution is -2.49. The van der Waals surface area contributed by atoms with E-state index in [4.69, 9.17) is 0 Å². The summed E-state index contributed by atoms with van der Waals surface area (Å²) in [5, 5.41) is 0. The molecule has 0 aliphatic carbocycles. The summed E-state index contributed by atoms with van der Waals surface area (Å²) in [6.45, 7) is 4.89. The predicted octanol–water partition coefficient (Wildman–Crippen LogP) is 3.23. The number of hydrogen-bond donors (Lipinski definition) is 0. The molecule has 0 amide bonds. The Morgan fingerprint density at radius 2 is 1.67 bits per heavy atom. The molecule has 2 heterocycles. The molecule has 9 heteroatoms. The van der Waals surface area contributed by atoms with Crippen molar-refractivity contribution in [1.82, 2.24) is 9.29 Å². The molecule has 1 fully saturated rings.